The molecule has 1 aromatic carbocycles. The third kappa shape index (κ3) is 4.77. The molecule has 0 spiro atoms. The Bertz CT molecular complexity index is 379. The van der Waals surface area contributed by atoms with Gasteiger partial charge in [-0.3, -0.25) is 0 Å². The highest BCUT2D eigenvalue weighted by Gasteiger charge is 2.03. The Morgan fingerprint density at radius 3 is 2.18 bits per heavy atom. The van der Waals surface area contributed by atoms with Crippen LogP contribution in [0.3, 0.4) is 0 Å². The van der Waals surface area contributed by atoms with Crippen LogP contribution in [-0.4, -0.2) is 14.2 Å². The molecular formula is C15H22O2. The summed E-state index contributed by atoms with van der Waals surface area (Å²) in [7, 11) is 3.35. The minimum Gasteiger partial charge on any atom is -0.496 e. The minimum atomic E-state index is 0.885. The molecule has 2 heteroatoms. The summed E-state index contributed by atoms with van der Waals surface area (Å²) in [5.74, 6) is 1.79. The smallest absolute Gasteiger partial charge is 0.121 e. The fraction of sp³-hybridized carbons (Fsp3) is 0.333. The molecule has 0 saturated carbocycles. The maximum atomic E-state index is 5.23. The second-order valence-corrected chi connectivity index (χ2v) is 3.45. The number of ether oxygens (including phenoxy) is 2. The zero-order valence-corrected chi connectivity index (χ0v) is 11.4. The maximum Gasteiger partial charge on any atom is 0.121 e. The number of hydrogen-bond acceptors (Lipinski definition) is 2. The first-order chi connectivity index (χ1) is 8.14. The Morgan fingerprint density at radius 1 is 1.24 bits per heavy atom. The van der Waals surface area contributed by atoms with E-state index in [1.54, 1.807) is 20.3 Å². The van der Waals surface area contributed by atoms with Gasteiger partial charge in [-0.05, 0) is 50.6 Å². The summed E-state index contributed by atoms with van der Waals surface area (Å²) in [5.41, 5.74) is 2.19. The van der Waals surface area contributed by atoms with E-state index in [1.165, 1.54) is 0 Å². The van der Waals surface area contributed by atoms with Crippen LogP contribution >= 0.6 is 0 Å². The second kappa shape index (κ2) is 8.45. The summed E-state index contributed by atoms with van der Waals surface area (Å²) >= 11 is 0. The molecule has 1 rings (SSSR count). The van der Waals surface area contributed by atoms with Gasteiger partial charge in [0.15, 0.2) is 0 Å². The Hall–Kier alpha value is -1.70. The number of allylic oxidation sites excluding steroid dienone is 2. The number of aryl methyl sites for hydroxylation is 1. The third-order valence-corrected chi connectivity index (χ3v) is 2.16. The van der Waals surface area contributed by atoms with Gasteiger partial charge in [0, 0.05) is 5.56 Å². The molecule has 0 saturated heterocycles. The van der Waals surface area contributed by atoms with Gasteiger partial charge in [-0.1, -0.05) is 6.08 Å². The van der Waals surface area contributed by atoms with Crippen LogP contribution in [0.1, 0.15) is 25.0 Å². The summed E-state index contributed by atoms with van der Waals surface area (Å²) in [6.07, 6.45) is 3.70. The van der Waals surface area contributed by atoms with E-state index in [2.05, 4.69) is 12.6 Å². The Balaban J connectivity index is 0.000000770. The van der Waals surface area contributed by atoms with Gasteiger partial charge >= 0.3 is 0 Å². The molecule has 0 N–H and O–H groups in total. The zero-order chi connectivity index (χ0) is 13.3. The van der Waals surface area contributed by atoms with E-state index in [0.29, 0.717) is 0 Å². The molecule has 94 valence electrons. The standard InChI is InChI=1S/C12H16O2.C3H6/c1-5-11(13-3)10-6-7-12(14-4)9(2)8-10;1-3-2/h5-8H,1-4H3;3H,1H2,2H3/b11-5-;. The molecule has 0 atom stereocenters. The number of hydrogen-bond donors (Lipinski definition) is 0. The van der Waals surface area contributed by atoms with Crippen molar-refractivity contribution in [1.29, 1.82) is 0 Å². The van der Waals surface area contributed by atoms with Crippen LogP contribution in [0.5, 0.6) is 5.75 Å². The van der Waals surface area contributed by atoms with Crippen molar-refractivity contribution in [3.8, 4) is 5.75 Å². The molecule has 1 aromatic rings. The SMILES string of the molecule is C/C=C(\OC)c1ccc(OC)c(C)c1.C=CC. The monoisotopic (exact) mass is 234 g/mol. The van der Waals surface area contributed by atoms with Gasteiger partial charge in [0.1, 0.15) is 11.5 Å². The Labute approximate surface area is 105 Å². The highest BCUT2D eigenvalue weighted by atomic mass is 16.5. The molecule has 0 aliphatic rings. The number of rotatable bonds is 3. The lowest BCUT2D eigenvalue weighted by Crippen LogP contribution is -1.91. The number of benzene rings is 1. The average molecular weight is 234 g/mol. The molecule has 0 amide bonds. The molecule has 0 heterocycles. The van der Waals surface area contributed by atoms with Gasteiger partial charge in [-0.2, -0.15) is 0 Å². The molecule has 0 aliphatic heterocycles. The van der Waals surface area contributed by atoms with Crippen LogP contribution in [0.2, 0.25) is 0 Å². The van der Waals surface area contributed by atoms with Crippen LogP contribution in [0.4, 0.5) is 0 Å². The fourth-order valence-corrected chi connectivity index (χ4v) is 1.43. The van der Waals surface area contributed by atoms with Crippen molar-refractivity contribution in [2.45, 2.75) is 20.8 Å². The quantitative estimate of drug-likeness (QED) is 0.576. The first kappa shape index (κ1) is 15.3. The molecule has 0 aliphatic carbocycles. The Kier molecular flexibility index (Phi) is 7.61. The van der Waals surface area contributed by atoms with Gasteiger partial charge in [-0.25, -0.2) is 0 Å². The summed E-state index contributed by atoms with van der Waals surface area (Å²) in [5, 5.41) is 0. The highest BCUT2D eigenvalue weighted by molar-refractivity contribution is 5.61. The summed E-state index contributed by atoms with van der Waals surface area (Å²) in [6, 6.07) is 6.00. The summed E-state index contributed by atoms with van der Waals surface area (Å²) < 4.78 is 10.4. The van der Waals surface area contributed by atoms with E-state index in [0.717, 1.165) is 22.6 Å². The van der Waals surface area contributed by atoms with Crippen LogP contribution in [0.15, 0.2) is 36.9 Å². The molecule has 0 fully saturated rings. The van der Waals surface area contributed by atoms with Gasteiger partial charge in [0.25, 0.3) is 0 Å². The lowest BCUT2D eigenvalue weighted by Gasteiger charge is -2.09. The zero-order valence-electron chi connectivity index (χ0n) is 11.4. The van der Waals surface area contributed by atoms with E-state index >= 15 is 0 Å². The van der Waals surface area contributed by atoms with E-state index < -0.39 is 0 Å². The maximum absolute atomic E-state index is 5.23. The molecule has 0 radical (unpaired) electrons. The van der Waals surface area contributed by atoms with Gasteiger partial charge in [0.2, 0.25) is 0 Å². The van der Waals surface area contributed by atoms with Crippen molar-refractivity contribution in [2.24, 2.45) is 0 Å². The Morgan fingerprint density at radius 2 is 1.82 bits per heavy atom. The molecule has 0 unspecified atom stereocenters. The van der Waals surface area contributed by atoms with Crippen molar-refractivity contribution in [2.75, 3.05) is 14.2 Å². The van der Waals surface area contributed by atoms with Crippen LogP contribution in [0.25, 0.3) is 5.76 Å². The van der Waals surface area contributed by atoms with Crippen molar-refractivity contribution in [3.63, 3.8) is 0 Å². The van der Waals surface area contributed by atoms with E-state index in [1.807, 2.05) is 39.0 Å². The molecule has 2 nitrogen and oxygen atoms in total. The normalized spacial score (nSPS) is 10.1. The largest absolute Gasteiger partial charge is 0.496 e. The minimum absolute atomic E-state index is 0.885. The molecular weight excluding hydrogens is 212 g/mol. The lowest BCUT2D eigenvalue weighted by molar-refractivity contribution is 0.369. The summed E-state index contributed by atoms with van der Waals surface area (Å²) in [6.45, 7) is 9.23. The predicted octanol–water partition coefficient (Wildman–Crippen LogP) is 4.20. The first-order valence-corrected chi connectivity index (χ1v) is 5.56. The van der Waals surface area contributed by atoms with Gasteiger partial charge < -0.3 is 9.47 Å². The van der Waals surface area contributed by atoms with E-state index in [-0.39, 0.29) is 0 Å². The molecule has 17 heavy (non-hydrogen) atoms. The van der Waals surface area contributed by atoms with Crippen LogP contribution in [-0.2, 0) is 4.74 Å². The lowest BCUT2D eigenvalue weighted by atomic mass is 10.1. The third-order valence-electron chi connectivity index (χ3n) is 2.16. The van der Waals surface area contributed by atoms with Crippen molar-refractivity contribution in [3.05, 3.63) is 48.1 Å². The van der Waals surface area contributed by atoms with Gasteiger partial charge in [0.05, 0.1) is 14.2 Å². The fourth-order valence-electron chi connectivity index (χ4n) is 1.43. The van der Waals surface area contributed by atoms with Crippen molar-refractivity contribution in [1.82, 2.24) is 0 Å². The predicted molar refractivity (Wildman–Crippen MR) is 74.3 cm³/mol. The van der Waals surface area contributed by atoms with Gasteiger partial charge in [-0.15, -0.1) is 6.58 Å². The molecule has 0 bridgehead atoms. The highest BCUT2D eigenvalue weighted by Crippen LogP contribution is 2.23. The van der Waals surface area contributed by atoms with E-state index in [9.17, 15) is 0 Å². The topological polar surface area (TPSA) is 18.5 Å². The first-order valence-electron chi connectivity index (χ1n) is 5.56. The molecule has 0 aromatic heterocycles. The van der Waals surface area contributed by atoms with Crippen molar-refractivity contribution < 1.29 is 9.47 Å². The summed E-state index contributed by atoms with van der Waals surface area (Å²) in [4.78, 5) is 0. The van der Waals surface area contributed by atoms with E-state index in [4.69, 9.17) is 9.47 Å². The number of methoxy groups -OCH3 is 2. The second-order valence-electron chi connectivity index (χ2n) is 3.45. The van der Waals surface area contributed by atoms with Crippen LogP contribution in [0, 0.1) is 6.92 Å². The van der Waals surface area contributed by atoms with Crippen molar-refractivity contribution >= 4 is 5.76 Å². The van der Waals surface area contributed by atoms with Crippen LogP contribution < -0.4 is 4.74 Å². The average Bonchev–Trinajstić information content (AvgIpc) is 2.32.